The molecule has 5 nitrogen and oxygen atoms in total. The van der Waals surface area contributed by atoms with Gasteiger partial charge in [-0.2, -0.15) is 0 Å². The Morgan fingerprint density at radius 3 is 2.50 bits per heavy atom. The van der Waals surface area contributed by atoms with Crippen LogP contribution in [0, 0.1) is 5.82 Å². The van der Waals surface area contributed by atoms with Crippen molar-refractivity contribution in [3.8, 4) is 0 Å². The van der Waals surface area contributed by atoms with E-state index in [9.17, 15) is 22.7 Å². The average Bonchev–Trinajstić information content (AvgIpc) is 2.46. The van der Waals surface area contributed by atoms with E-state index in [4.69, 9.17) is 0 Å². The maximum absolute atomic E-state index is 13.8. The summed E-state index contributed by atoms with van der Waals surface area (Å²) in [6.45, 7) is 0. The fraction of sp³-hybridized carbons (Fsp3) is 0.267. The molecule has 0 aromatic heterocycles. The molecule has 118 valence electrons. The van der Waals surface area contributed by atoms with Crippen LogP contribution in [0.4, 0.5) is 4.39 Å². The largest absolute Gasteiger partial charge is 0.512 e. The summed E-state index contributed by atoms with van der Waals surface area (Å²) in [5.41, 5.74) is 0.268. The highest BCUT2D eigenvalue weighted by molar-refractivity contribution is 7.93. The van der Waals surface area contributed by atoms with Gasteiger partial charge in [-0.25, -0.2) is 17.6 Å². The Bertz CT molecular complexity index is 779. The molecule has 0 saturated carbocycles. The van der Waals surface area contributed by atoms with E-state index in [2.05, 4.69) is 4.74 Å². The lowest BCUT2D eigenvalue weighted by Crippen LogP contribution is -2.46. The van der Waals surface area contributed by atoms with Crippen LogP contribution >= 0.6 is 0 Å². The minimum Gasteiger partial charge on any atom is -0.512 e. The smallest absolute Gasteiger partial charge is 0.331 e. The first-order valence-corrected chi connectivity index (χ1v) is 8.26. The van der Waals surface area contributed by atoms with E-state index in [1.807, 2.05) is 0 Å². The molecule has 1 aliphatic carbocycles. The Hall–Kier alpha value is -2.15. The number of sulfone groups is 1. The number of rotatable bonds is 3. The summed E-state index contributed by atoms with van der Waals surface area (Å²) in [5, 5.41) is 10.2. The number of aliphatic hydroxyl groups excluding tert-OH is 1. The molecule has 1 N–H and O–H groups in total. The van der Waals surface area contributed by atoms with Crippen LogP contribution in [-0.4, -0.2) is 37.6 Å². The lowest BCUT2D eigenvalue weighted by molar-refractivity contribution is -0.142. The van der Waals surface area contributed by atoms with E-state index in [1.165, 1.54) is 24.3 Å². The average molecular weight is 326 g/mol. The van der Waals surface area contributed by atoms with Crippen LogP contribution in [-0.2, 0) is 19.4 Å². The number of allylic oxidation sites excluding steroid dienone is 3. The minimum absolute atomic E-state index is 0.128. The van der Waals surface area contributed by atoms with E-state index < -0.39 is 32.8 Å². The monoisotopic (exact) mass is 326 g/mol. The van der Waals surface area contributed by atoms with Gasteiger partial charge in [0, 0.05) is 23.8 Å². The Balaban J connectivity index is 2.55. The number of hydrogen-bond acceptors (Lipinski definition) is 5. The first-order chi connectivity index (χ1) is 10.2. The van der Waals surface area contributed by atoms with E-state index in [0.29, 0.717) is 0 Å². The summed E-state index contributed by atoms with van der Waals surface area (Å²) in [7, 11) is -2.83. The van der Waals surface area contributed by atoms with Crippen molar-refractivity contribution in [3.63, 3.8) is 0 Å². The molecule has 0 saturated heterocycles. The van der Waals surface area contributed by atoms with E-state index >= 15 is 0 Å². The molecule has 1 aromatic carbocycles. The number of carbonyl (C=O) groups excluding carboxylic acids is 1. The fourth-order valence-corrected chi connectivity index (χ4v) is 3.46. The standard InChI is InChI=1S/C15H15FO5S/c1-21-14(18)15(22(2,19)20)8-7-11(13(17)9-15)10-5-3-4-6-12(10)16/h3-8,17H,9H2,1-2H3. The maximum atomic E-state index is 13.8. The fourth-order valence-electron chi connectivity index (χ4n) is 2.36. The predicted molar refractivity (Wildman–Crippen MR) is 79.3 cm³/mol. The highest BCUT2D eigenvalue weighted by Gasteiger charge is 2.50. The second kappa shape index (κ2) is 5.57. The van der Waals surface area contributed by atoms with Crippen LogP contribution in [0.3, 0.4) is 0 Å². The van der Waals surface area contributed by atoms with Crippen LogP contribution in [0.1, 0.15) is 12.0 Å². The Labute approximate surface area is 127 Å². The number of benzene rings is 1. The molecular formula is C15H15FO5S. The molecule has 0 bridgehead atoms. The highest BCUT2D eigenvalue weighted by Crippen LogP contribution is 2.37. The van der Waals surface area contributed by atoms with Gasteiger partial charge in [0.15, 0.2) is 14.6 Å². The first-order valence-electron chi connectivity index (χ1n) is 6.37. The maximum Gasteiger partial charge on any atom is 0.331 e. The molecule has 2 rings (SSSR count). The molecule has 0 radical (unpaired) electrons. The number of esters is 1. The van der Waals surface area contributed by atoms with Crippen molar-refractivity contribution in [3.05, 3.63) is 53.6 Å². The van der Waals surface area contributed by atoms with Gasteiger partial charge in [0.1, 0.15) is 11.6 Å². The molecule has 0 aliphatic heterocycles. The van der Waals surface area contributed by atoms with Crippen LogP contribution in [0.2, 0.25) is 0 Å². The molecule has 0 heterocycles. The molecule has 7 heteroatoms. The van der Waals surface area contributed by atoms with Crippen molar-refractivity contribution >= 4 is 21.4 Å². The number of halogens is 1. The van der Waals surface area contributed by atoms with E-state index in [1.54, 1.807) is 6.07 Å². The van der Waals surface area contributed by atoms with Crippen LogP contribution in [0.15, 0.2) is 42.2 Å². The minimum atomic E-state index is -3.90. The summed E-state index contributed by atoms with van der Waals surface area (Å²) < 4.78 is 40.4. The summed E-state index contributed by atoms with van der Waals surface area (Å²) in [4.78, 5) is 11.9. The van der Waals surface area contributed by atoms with Gasteiger partial charge in [0.2, 0.25) is 0 Å². The number of methoxy groups -OCH3 is 1. The molecule has 1 aliphatic rings. The number of ether oxygens (including phenoxy) is 1. The van der Waals surface area contributed by atoms with Crippen LogP contribution in [0.5, 0.6) is 0 Å². The third-order valence-electron chi connectivity index (χ3n) is 3.62. The van der Waals surface area contributed by atoms with Crippen molar-refractivity contribution in [1.29, 1.82) is 0 Å². The van der Waals surface area contributed by atoms with Gasteiger partial charge in [0.25, 0.3) is 0 Å². The topological polar surface area (TPSA) is 80.7 Å². The summed E-state index contributed by atoms with van der Waals surface area (Å²) in [6.07, 6.45) is 2.75. The lowest BCUT2D eigenvalue weighted by Gasteiger charge is -2.29. The third kappa shape index (κ3) is 2.52. The van der Waals surface area contributed by atoms with Gasteiger partial charge in [-0.1, -0.05) is 30.4 Å². The number of hydrogen-bond donors (Lipinski definition) is 1. The van der Waals surface area contributed by atoms with Crippen molar-refractivity contribution in [2.75, 3.05) is 13.4 Å². The van der Waals surface area contributed by atoms with Gasteiger partial charge in [-0.05, 0) is 6.07 Å². The Morgan fingerprint density at radius 2 is 2.00 bits per heavy atom. The highest BCUT2D eigenvalue weighted by atomic mass is 32.2. The molecule has 0 amide bonds. The molecule has 0 fully saturated rings. The Kier molecular flexibility index (Phi) is 4.10. The van der Waals surface area contributed by atoms with Gasteiger partial charge < -0.3 is 9.84 Å². The lowest BCUT2D eigenvalue weighted by atomic mass is 9.90. The zero-order valence-corrected chi connectivity index (χ0v) is 12.9. The van der Waals surface area contributed by atoms with Crippen molar-refractivity contribution in [2.45, 2.75) is 11.2 Å². The third-order valence-corrected chi connectivity index (χ3v) is 5.39. The number of aliphatic hydroxyl groups is 1. The van der Waals surface area contributed by atoms with Crippen LogP contribution in [0.25, 0.3) is 5.57 Å². The molecule has 22 heavy (non-hydrogen) atoms. The summed E-state index contributed by atoms with van der Waals surface area (Å²) >= 11 is 0. The first kappa shape index (κ1) is 16.2. The quantitative estimate of drug-likeness (QED) is 0.860. The zero-order valence-electron chi connectivity index (χ0n) is 12.0. The molecule has 1 atom stereocenters. The van der Waals surface area contributed by atoms with Crippen molar-refractivity contribution < 1.29 is 27.4 Å². The molecule has 1 aromatic rings. The second-order valence-corrected chi connectivity index (χ2v) is 7.28. The van der Waals surface area contributed by atoms with Gasteiger partial charge >= 0.3 is 5.97 Å². The Morgan fingerprint density at radius 1 is 1.36 bits per heavy atom. The van der Waals surface area contributed by atoms with E-state index in [-0.39, 0.29) is 16.9 Å². The zero-order chi connectivity index (χ0) is 16.5. The van der Waals surface area contributed by atoms with Gasteiger partial charge in [0.05, 0.1) is 7.11 Å². The summed E-state index contributed by atoms with van der Waals surface area (Å²) in [6, 6.07) is 5.77. The van der Waals surface area contributed by atoms with Gasteiger partial charge in [-0.15, -0.1) is 0 Å². The SMILES string of the molecule is COC(=O)C1(S(C)(=O)=O)C=CC(c2ccccc2F)=C(O)C1. The van der Waals surface area contributed by atoms with Crippen molar-refractivity contribution in [1.82, 2.24) is 0 Å². The summed E-state index contributed by atoms with van der Waals surface area (Å²) in [5.74, 6) is -1.94. The molecule has 0 spiro atoms. The second-order valence-electron chi connectivity index (χ2n) is 5.00. The van der Waals surface area contributed by atoms with Gasteiger partial charge in [-0.3, -0.25) is 0 Å². The number of carbonyl (C=O) groups is 1. The molecule has 1 unspecified atom stereocenters. The predicted octanol–water partition coefficient (Wildman–Crippen LogP) is 2.01. The van der Waals surface area contributed by atoms with Crippen molar-refractivity contribution in [2.24, 2.45) is 0 Å². The normalized spacial score (nSPS) is 21.8. The van der Waals surface area contributed by atoms with E-state index in [0.717, 1.165) is 19.4 Å². The van der Waals surface area contributed by atoms with Crippen LogP contribution < -0.4 is 0 Å². The molecular weight excluding hydrogens is 311 g/mol.